The fourth-order valence-corrected chi connectivity index (χ4v) is 3.41. The van der Waals surface area contributed by atoms with Gasteiger partial charge in [-0.25, -0.2) is 0 Å². The Labute approximate surface area is 117 Å². The summed E-state index contributed by atoms with van der Waals surface area (Å²) in [7, 11) is 1.81. The second-order valence-electron chi connectivity index (χ2n) is 5.63. The van der Waals surface area contributed by atoms with Crippen LogP contribution in [0.4, 0.5) is 0 Å². The highest BCUT2D eigenvalue weighted by Gasteiger charge is 2.30. The van der Waals surface area contributed by atoms with Crippen molar-refractivity contribution in [1.29, 1.82) is 0 Å². The number of benzene rings is 1. The van der Waals surface area contributed by atoms with E-state index in [9.17, 15) is 0 Å². The molecule has 1 N–H and O–H groups in total. The van der Waals surface area contributed by atoms with Crippen LogP contribution in [-0.2, 0) is 4.74 Å². The van der Waals surface area contributed by atoms with Crippen LogP contribution >= 0.6 is 0 Å². The smallest absolute Gasteiger partial charge is 0.0465 e. The Morgan fingerprint density at radius 2 is 2.00 bits per heavy atom. The minimum atomic E-state index is 0.681. The molecule has 0 aromatic heterocycles. The summed E-state index contributed by atoms with van der Waals surface area (Å²) in [5.74, 6) is 1.48. The van der Waals surface area contributed by atoms with Crippen LogP contribution in [0, 0.1) is 5.92 Å². The highest BCUT2D eigenvalue weighted by molar-refractivity contribution is 5.20. The van der Waals surface area contributed by atoms with Crippen LogP contribution in [0.1, 0.15) is 44.1 Å². The van der Waals surface area contributed by atoms with Crippen molar-refractivity contribution in [2.24, 2.45) is 5.92 Å². The number of hydrogen-bond acceptors (Lipinski definition) is 2. The zero-order chi connectivity index (χ0) is 13.5. The number of methoxy groups -OCH3 is 1. The standard InChI is InChI=1S/C17H27NO/c1-3-18-17-10-9-15(13-16(17)11-12-19-2)14-7-5-4-6-8-14/h4-8,15-18H,3,9-13H2,1-2H3. The summed E-state index contributed by atoms with van der Waals surface area (Å²) < 4.78 is 5.28. The van der Waals surface area contributed by atoms with Gasteiger partial charge in [0.25, 0.3) is 0 Å². The number of hydrogen-bond donors (Lipinski definition) is 1. The molecular formula is C17H27NO. The van der Waals surface area contributed by atoms with Gasteiger partial charge in [0.1, 0.15) is 0 Å². The maximum Gasteiger partial charge on any atom is 0.0465 e. The van der Waals surface area contributed by atoms with Gasteiger partial charge in [0.15, 0.2) is 0 Å². The quantitative estimate of drug-likeness (QED) is 0.845. The first kappa shape index (κ1) is 14.5. The van der Waals surface area contributed by atoms with Crippen LogP contribution in [0.5, 0.6) is 0 Å². The second-order valence-corrected chi connectivity index (χ2v) is 5.63. The van der Waals surface area contributed by atoms with E-state index in [-0.39, 0.29) is 0 Å². The van der Waals surface area contributed by atoms with Crippen molar-refractivity contribution in [3.05, 3.63) is 35.9 Å². The summed E-state index contributed by atoms with van der Waals surface area (Å²) in [5.41, 5.74) is 1.51. The number of nitrogens with one attached hydrogen (secondary N) is 1. The maximum absolute atomic E-state index is 5.28. The molecule has 1 aromatic carbocycles. The van der Waals surface area contributed by atoms with Crippen LogP contribution in [-0.4, -0.2) is 26.3 Å². The molecule has 2 nitrogen and oxygen atoms in total. The highest BCUT2D eigenvalue weighted by Crippen LogP contribution is 2.37. The van der Waals surface area contributed by atoms with Crippen molar-refractivity contribution in [3.63, 3.8) is 0 Å². The molecule has 19 heavy (non-hydrogen) atoms. The van der Waals surface area contributed by atoms with E-state index < -0.39 is 0 Å². The third kappa shape index (κ3) is 4.05. The first-order chi connectivity index (χ1) is 9.35. The SMILES string of the molecule is CCNC1CCC(c2ccccc2)CC1CCOC. The van der Waals surface area contributed by atoms with Crippen molar-refractivity contribution < 1.29 is 4.74 Å². The highest BCUT2D eigenvalue weighted by atomic mass is 16.5. The molecule has 0 aliphatic heterocycles. The topological polar surface area (TPSA) is 21.3 Å². The van der Waals surface area contributed by atoms with Crippen LogP contribution in [0.2, 0.25) is 0 Å². The summed E-state index contributed by atoms with van der Waals surface area (Å²) in [6.07, 6.45) is 5.08. The van der Waals surface area contributed by atoms with Gasteiger partial charge in [-0.2, -0.15) is 0 Å². The predicted molar refractivity (Wildman–Crippen MR) is 80.5 cm³/mol. The van der Waals surface area contributed by atoms with Crippen molar-refractivity contribution in [2.45, 2.75) is 44.6 Å². The van der Waals surface area contributed by atoms with E-state index >= 15 is 0 Å². The lowest BCUT2D eigenvalue weighted by Crippen LogP contribution is -2.40. The van der Waals surface area contributed by atoms with Gasteiger partial charge in [0.05, 0.1) is 0 Å². The predicted octanol–water partition coefficient (Wildman–Crippen LogP) is 3.58. The van der Waals surface area contributed by atoms with Gasteiger partial charge in [-0.15, -0.1) is 0 Å². The van der Waals surface area contributed by atoms with Gasteiger partial charge in [0, 0.05) is 19.8 Å². The maximum atomic E-state index is 5.28. The molecule has 2 heteroatoms. The Hall–Kier alpha value is -0.860. The third-order valence-electron chi connectivity index (χ3n) is 4.41. The number of rotatable bonds is 6. The molecule has 1 aromatic rings. The van der Waals surface area contributed by atoms with Crippen LogP contribution in [0.3, 0.4) is 0 Å². The molecule has 1 aliphatic rings. The first-order valence-electron chi connectivity index (χ1n) is 7.62. The van der Waals surface area contributed by atoms with E-state index in [1.165, 1.54) is 31.2 Å². The molecule has 3 atom stereocenters. The molecular weight excluding hydrogens is 234 g/mol. The molecule has 1 aliphatic carbocycles. The van der Waals surface area contributed by atoms with Crippen molar-refractivity contribution in [1.82, 2.24) is 5.32 Å². The zero-order valence-corrected chi connectivity index (χ0v) is 12.3. The van der Waals surface area contributed by atoms with E-state index in [1.54, 1.807) is 7.11 Å². The summed E-state index contributed by atoms with van der Waals surface area (Å²) in [6, 6.07) is 11.7. The molecule has 0 amide bonds. The van der Waals surface area contributed by atoms with Crippen molar-refractivity contribution >= 4 is 0 Å². The van der Waals surface area contributed by atoms with Gasteiger partial charge in [0.2, 0.25) is 0 Å². The summed E-state index contributed by atoms with van der Waals surface area (Å²) in [5, 5.41) is 3.66. The van der Waals surface area contributed by atoms with E-state index in [2.05, 4.69) is 42.6 Å². The Morgan fingerprint density at radius 1 is 1.21 bits per heavy atom. The first-order valence-corrected chi connectivity index (χ1v) is 7.62. The minimum absolute atomic E-state index is 0.681. The van der Waals surface area contributed by atoms with Gasteiger partial charge >= 0.3 is 0 Å². The van der Waals surface area contributed by atoms with Gasteiger partial charge in [-0.05, 0) is 49.6 Å². The lowest BCUT2D eigenvalue weighted by molar-refractivity contribution is 0.144. The lowest BCUT2D eigenvalue weighted by Gasteiger charge is -2.37. The average Bonchev–Trinajstić information content (AvgIpc) is 2.47. The Morgan fingerprint density at radius 3 is 2.68 bits per heavy atom. The third-order valence-corrected chi connectivity index (χ3v) is 4.41. The lowest BCUT2D eigenvalue weighted by atomic mass is 9.74. The fourth-order valence-electron chi connectivity index (χ4n) is 3.41. The molecule has 0 radical (unpaired) electrons. The Bertz CT molecular complexity index is 352. The van der Waals surface area contributed by atoms with Gasteiger partial charge in [-0.1, -0.05) is 37.3 Å². The zero-order valence-electron chi connectivity index (χ0n) is 12.3. The molecule has 3 unspecified atom stereocenters. The van der Waals surface area contributed by atoms with Crippen molar-refractivity contribution in [2.75, 3.05) is 20.3 Å². The Kier molecular flexibility index (Phi) is 5.87. The monoisotopic (exact) mass is 261 g/mol. The largest absolute Gasteiger partial charge is 0.385 e. The fraction of sp³-hybridized carbons (Fsp3) is 0.647. The van der Waals surface area contributed by atoms with Crippen LogP contribution in [0.15, 0.2) is 30.3 Å². The molecule has 0 heterocycles. The van der Waals surface area contributed by atoms with E-state index in [4.69, 9.17) is 4.74 Å². The van der Waals surface area contributed by atoms with Crippen molar-refractivity contribution in [3.8, 4) is 0 Å². The molecule has 2 rings (SSSR count). The minimum Gasteiger partial charge on any atom is -0.385 e. The Balaban J connectivity index is 1.99. The van der Waals surface area contributed by atoms with Gasteiger partial charge in [-0.3, -0.25) is 0 Å². The van der Waals surface area contributed by atoms with Crippen LogP contribution in [0.25, 0.3) is 0 Å². The summed E-state index contributed by atoms with van der Waals surface area (Å²) >= 11 is 0. The molecule has 1 saturated carbocycles. The average molecular weight is 261 g/mol. The molecule has 1 fully saturated rings. The summed E-state index contributed by atoms with van der Waals surface area (Å²) in [6.45, 7) is 4.16. The molecule has 0 bridgehead atoms. The van der Waals surface area contributed by atoms with Gasteiger partial charge < -0.3 is 10.1 Å². The molecule has 106 valence electrons. The van der Waals surface area contributed by atoms with E-state index in [0.717, 1.165) is 25.0 Å². The second kappa shape index (κ2) is 7.66. The van der Waals surface area contributed by atoms with E-state index in [1.807, 2.05) is 0 Å². The van der Waals surface area contributed by atoms with E-state index in [0.29, 0.717) is 6.04 Å². The van der Waals surface area contributed by atoms with Crippen LogP contribution < -0.4 is 5.32 Å². The summed E-state index contributed by atoms with van der Waals surface area (Å²) in [4.78, 5) is 0. The normalized spacial score (nSPS) is 27.4. The molecule has 0 saturated heterocycles. The molecule has 0 spiro atoms. The number of ether oxygens (including phenoxy) is 1.